The van der Waals surface area contributed by atoms with E-state index < -0.39 is 0 Å². The minimum atomic E-state index is -0.366. The Bertz CT molecular complexity index is 1230. The number of nitrogens with one attached hydrogen (secondary N) is 2. The SMILES string of the molecule is COc1ccc(C(=O)NCCNC(=O)c2cc(-c3ccco3)n(-c3ccc(Cl)cc3)n2)cc1. The molecule has 0 unspecified atom stereocenters. The standard InChI is InChI=1S/C24H21ClN4O4/c1-32-19-10-4-16(5-11-19)23(30)26-12-13-27-24(31)20-15-21(22-3-2-14-33-22)29(28-20)18-8-6-17(25)7-9-18/h2-11,14-15H,12-13H2,1H3,(H,26,30)(H,27,31). The highest BCUT2D eigenvalue weighted by atomic mass is 35.5. The molecule has 2 aromatic heterocycles. The van der Waals surface area contributed by atoms with Crippen LogP contribution in [0.5, 0.6) is 5.75 Å². The third-order valence-electron chi connectivity index (χ3n) is 4.84. The van der Waals surface area contributed by atoms with E-state index in [9.17, 15) is 9.59 Å². The van der Waals surface area contributed by atoms with Crippen LogP contribution in [-0.2, 0) is 0 Å². The maximum atomic E-state index is 12.7. The van der Waals surface area contributed by atoms with E-state index in [4.69, 9.17) is 20.8 Å². The Balaban J connectivity index is 1.40. The summed E-state index contributed by atoms with van der Waals surface area (Å²) < 4.78 is 12.2. The summed E-state index contributed by atoms with van der Waals surface area (Å²) >= 11 is 5.99. The summed E-state index contributed by atoms with van der Waals surface area (Å²) in [5.74, 6) is 0.641. The Hall–Kier alpha value is -4.04. The molecule has 2 aromatic carbocycles. The van der Waals surface area contributed by atoms with Crippen molar-refractivity contribution in [3.05, 3.63) is 89.3 Å². The number of hydrogen-bond donors (Lipinski definition) is 2. The predicted molar refractivity (Wildman–Crippen MR) is 124 cm³/mol. The zero-order valence-corrected chi connectivity index (χ0v) is 18.5. The molecule has 0 atom stereocenters. The fourth-order valence-electron chi connectivity index (χ4n) is 3.16. The monoisotopic (exact) mass is 464 g/mol. The third-order valence-corrected chi connectivity index (χ3v) is 5.09. The molecule has 0 radical (unpaired) electrons. The van der Waals surface area contributed by atoms with Gasteiger partial charge in [0.05, 0.1) is 19.1 Å². The van der Waals surface area contributed by atoms with Crippen molar-refractivity contribution in [2.75, 3.05) is 20.2 Å². The zero-order valence-electron chi connectivity index (χ0n) is 17.7. The molecule has 0 saturated heterocycles. The lowest BCUT2D eigenvalue weighted by molar-refractivity contribution is 0.0925. The number of benzene rings is 2. The molecule has 0 fully saturated rings. The van der Waals surface area contributed by atoms with Crippen molar-refractivity contribution in [2.24, 2.45) is 0 Å². The lowest BCUT2D eigenvalue weighted by atomic mass is 10.2. The predicted octanol–water partition coefficient (Wildman–Crippen LogP) is 3.95. The minimum absolute atomic E-state index is 0.220. The number of carbonyl (C=O) groups excluding carboxylic acids is 2. The van der Waals surface area contributed by atoms with Crippen molar-refractivity contribution in [1.29, 1.82) is 0 Å². The van der Waals surface area contributed by atoms with Crippen LogP contribution >= 0.6 is 11.6 Å². The Morgan fingerprint density at radius 3 is 2.33 bits per heavy atom. The van der Waals surface area contributed by atoms with Crippen LogP contribution in [0.2, 0.25) is 5.02 Å². The van der Waals surface area contributed by atoms with Crippen LogP contribution in [0.15, 0.2) is 77.4 Å². The Labute approximate surface area is 195 Å². The summed E-state index contributed by atoms with van der Waals surface area (Å²) in [5.41, 5.74) is 2.08. The highest BCUT2D eigenvalue weighted by molar-refractivity contribution is 6.30. The normalized spacial score (nSPS) is 10.6. The Morgan fingerprint density at radius 2 is 1.70 bits per heavy atom. The van der Waals surface area contributed by atoms with Crippen LogP contribution in [0.4, 0.5) is 0 Å². The van der Waals surface area contributed by atoms with Crippen molar-refractivity contribution in [3.8, 4) is 22.9 Å². The molecule has 2 N–H and O–H groups in total. The Kier molecular flexibility index (Phi) is 6.75. The molecule has 8 nitrogen and oxygen atoms in total. The first-order valence-electron chi connectivity index (χ1n) is 10.2. The second-order valence-corrected chi connectivity index (χ2v) is 7.46. The van der Waals surface area contributed by atoms with E-state index in [1.165, 1.54) is 0 Å². The first-order valence-corrected chi connectivity index (χ1v) is 10.5. The molecule has 0 aliphatic carbocycles. The largest absolute Gasteiger partial charge is 0.497 e. The molecule has 2 amide bonds. The van der Waals surface area contributed by atoms with Gasteiger partial charge in [0, 0.05) is 29.7 Å². The molecule has 4 aromatic rings. The van der Waals surface area contributed by atoms with Crippen LogP contribution in [0.25, 0.3) is 17.1 Å². The van der Waals surface area contributed by atoms with Crippen molar-refractivity contribution >= 4 is 23.4 Å². The number of furan rings is 1. The molecule has 4 rings (SSSR count). The quantitative estimate of drug-likeness (QED) is 0.385. The van der Waals surface area contributed by atoms with E-state index in [-0.39, 0.29) is 30.6 Å². The Morgan fingerprint density at radius 1 is 1.00 bits per heavy atom. The van der Waals surface area contributed by atoms with E-state index in [1.807, 2.05) is 0 Å². The van der Waals surface area contributed by atoms with Crippen LogP contribution in [0.1, 0.15) is 20.8 Å². The van der Waals surface area contributed by atoms with Gasteiger partial charge in [-0.15, -0.1) is 0 Å². The topological polar surface area (TPSA) is 98.4 Å². The minimum Gasteiger partial charge on any atom is -0.497 e. The van der Waals surface area contributed by atoms with E-state index in [1.54, 1.807) is 84.8 Å². The average molecular weight is 465 g/mol. The van der Waals surface area contributed by atoms with E-state index in [0.717, 1.165) is 5.69 Å². The second kappa shape index (κ2) is 10.1. The van der Waals surface area contributed by atoms with Gasteiger partial charge in [-0.2, -0.15) is 5.10 Å². The first-order chi connectivity index (χ1) is 16.0. The van der Waals surface area contributed by atoms with Crippen molar-refractivity contribution in [2.45, 2.75) is 0 Å². The van der Waals surface area contributed by atoms with Gasteiger partial charge in [-0.3, -0.25) is 9.59 Å². The summed E-state index contributed by atoms with van der Waals surface area (Å²) in [6.45, 7) is 0.504. The van der Waals surface area contributed by atoms with Crippen molar-refractivity contribution in [3.63, 3.8) is 0 Å². The van der Waals surface area contributed by atoms with Gasteiger partial charge in [0.1, 0.15) is 11.4 Å². The summed E-state index contributed by atoms with van der Waals surface area (Å²) in [6, 6.07) is 19.1. The number of ether oxygens (including phenoxy) is 1. The summed E-state index contributed by atoms with van der Waals surface area (Å²) in [6.07, 6.45) is 1.56. The molecule has 0 aliphatic heterocycles. The van der Waals surface area contributed by atoms with Crippen molar-refractivity contribution < 1.29 is 18.7 Å². The second-order valence-electron chi connectivity index (χ2n) is 7.02. The molecule has 0 saturated carbocycles. The lowest BCUT2D eigenvalue weighted by Crippen LogP contribution is -2.34. The van der Waals surface area contributed by atoms with Gasteiger partial charge in [0.15, 0.2) is 11.5 Å². The third kappa shape index (κ3) is 5.24. The van der Waals surface area contributed by atoms with Crippen LogP contribution < -0.4 is 15.4 Å². The molecule has 9 heteroatoms. The highest BCUT2D eigenvalue weighted by Gasteiger charge is 2.18. The number of carbonyl (C=O) groups is 2. The van der Waals surface area contributed by atoms with Gasteiger partial charge >= 0.3 is 0 Å². The number of amides is 2. The average Bonchev–Trinajstić information content (AvgIpc) is 3.52. The van der Waals surface area contributed by atoms with E-state index >= 15 is 0 Å². The number of rotatable bonds is 8. The van der Waals surface area contributed by atoms with E-state index in [2.05, 4.69) is 15.7 Å². The number of hydrogen-bond acceptors (Lipinski definition) is 5. The molecule has 0 spiro atoms. The summed E-state index contributed by atoms with van der Waals surface area (Å²) in [7, 11) is 1.56. The van der Waals surface area contributed by atoms with Gasteiger partial charge in [0.25, 0.3) is 11.8 Å². The molecule has 33 heavy (non-hydrogen) atoms. The maximum Gasteiger partial charge on any atom is 0.271 e. The molecule has 2 heterocycles. The molecule has 0 aliphatic rings. The molecular formula is C24H21ClN4O4. The first kappa shape index (κ1) is 22.2. The summed E-state index contributed by atoms with van der Waals surface area (Å²) in [4.78, 5) is 24.9. The lowest BCUT2D eigenvalue weighted by Gasteiger charge is -2.07. The van der Waals surface area contributed by atoms with Gasteiger partial charge in [-0.25, -0.2) is 4.68 Å². The molecular weight excluding hydrogens is 444 g/mol. The molecule has 168 valence electrons. The van der Waals surface area contributed by atoms with E-state index in [0.29, 0.717) is 27.8 Å². The van der Waals surface area contributed by atoms with Gasteiger partial charge in [-0.05, 0) is 60.7 Å². The zero-order chi connectivity index (χ0) is 23.2. The number of nitrogens with zero attached hydrogens (tertiary/aromatic N) is 2. The summed E-state index contributed by atoms with van der Waals surface area (Å²) in [5, 5.41) is 10.6. The highest BCUT2D eigenvalue weighted by Crippen LogP contribution is 2.25. The van der Waals surface area contributed by atoms with Crippen LogP contribution in [-0.4, -0.2) is 41.8 Å². The smallest absolute Gasteiger partial charge is 0.271 e. The van der Waals surface area contributed by atoms with Gasteiger partial charge in [-0.1, -0.05) is 11.6 Å². The number of halogens is 1. The van der Waals surface area contributed by atoms with Gasteiger partial charge < -0.3 is 19.8 Å². The van der Waals surface area contributed by atoms with Crippen LogP contribution in [0, 0.1) is 0 Å². The fraction of sp³-hybridized carbons (Fsp3) is 0.125. The van der Waals surface area contributed by atoms with Gasteiger partial charge in [0.2, 0.25) is 0 Å². The maximum absolute atomic E-state index is 12.7. The number of methoxy groups -OCH3 is 1. The van der Waals surface area contributed by atoms with Crippen LogP contribution in [0.3, 0.4) is 0 Å². The number of aromatic nitrogens is 2. The fourth-order valence-corrected chi connectivity index (χ4v) is 3.28. The molecule has 0 bridgehead atoms. The van der Waals surface area contributed by atoms with Crippen molar-refractivity contribution in [1.82, 2.24) is 20.4 Å².